The highest BCUT2D eigenvalue weighted by molar-refractivity contribution is 5.75. The van der Waals surface area contributed by atoms with Crippen LogP contribution in [0.5, 0.6) is 5.75 Å². The summed E-state index contributed by atoms with van der Waals surface area (Å²) in [6.45, 7) is 1.55. The fraction of sp³-hybridized carbons (Fsp3) is 0.429. The van der Waals surface area contributed by atoms with Crippen LogP contribution >= 0.6 is 0 Å². The molecule has 0 spiro atoms. The molecule has 0 aliphatic heterocycles. The first-order chi connectivity index (χ1) is 12.6. The van der Waals surface area contributed by atoms with E-state index in [1.54, 1.807) is 7.11 Å². The summed E-state index contributed by atoms with van der Waals surface area (Å²) in [7, 11) is 5.71. The van der Waals surface area contributed by atoms with Gasteiger partial charge in [0.2, 0.25) is 5.91 Å². The maximum Gasteiger partial charge on any atom is 0.220 e. The lowest BCUT2D eigenvalue weighted by Gasteiger charge is -2.25. The number of rotatable bonds is 10. The van der Waals surface area contributed by atoms with E-state index in [2.05, 4.69) is 27.2 Å². The Morgan fingerprint density at radius 1 is 1.11 bits per heavy atom. The molecule has 0 radical (unpaired) electrons. The van der Waals surface area contributed by atoms with E-state index in [1.807, 2.05) is 56.6 Å². The predicted octanol–water partition coefficient (Wildman–Crippen LogP) is -0.424. The van der Waals surface area contributed by atoms with Crippen LogP contribution in [0.4, 0.5) is 0 Å². The minimum absolute atomic E-state index is 0. The molecule has 1 aromatic carbocycles. The summed E-state index contributed by atoms with van der Waals surface area (Å²) < 4.78 is 7.35. The van der Waals surface area contributed by atoms with Gasteiger partial charge in [-0.1, -0.05) is 18.2 Å². The van der Waals surface area contributed by atoms with Crippen LogP contribution in [0.15, 0.2) is 54.9 Å². The Bertz CT molecular complexity index is 663. The van der Waals surface area contributed by atoms with Crippen molar-refractivity contribution in [3.05, 3.63) is 60.4 Å². The molecule has 1 N–H and O–H groups in total. The van der Waals surface area contributed by atoms with Crippen LogP contribution in [-0.4, -0.2) is 38.6 Å². The van der Waals surface area contributed by atoms with E-state index < -0.39 is 0 Å². The molecule has 1 aromatic heterocycles. The number of pyridine rings is 1. The van der Waals surface area contributed by atoms with Gasteiger partial charge in [0.15, 0.2) is 12.4 Å². The number of amides is 1. The van der Waals surface area contributed by atoms with Crippen molar-refractivity contribution in [1.29, 1.82) is 0 Å². The van der Waals surface area contributed by atoms with Gasteiger partial charge in [-0.15, -0.1) is 0 Å². The number of nitrogens with one attached hydrogen (secondary N) is 1. The molecule has 27 heavy (non-hydrogen) atoms. The van der Waals surface area contributed by atoms with Gasteiger partial charge in [0.05, 0.1) is 13.2 Å². The lowest BCUT2D eigenvalue weighted by molar-refractivity contribution is -0.697. The van der Waals surface area contributed by atoms with Gasteiger partial charge in [0.25, 0.3) is 0 Å². The molecule has 1 unspecified atom stereocenters. The van der Waals surface area contributed by atoms with Gasteiger partial charge in [-0.2, -0.15) is 0 Å². The Kier molecular flexibility index (Phi) is 10.7. The number of ether oxygens (including phenoxy) is 1. The number of aryl methyl sites for hydroxylation is 1. The number of carbonyl (C=O) groups excluding carboxylic acids is 1. The third-order valence-electron chi connectivity index (χ3n) is 4.46. The number of benzene rings is 1. The minimum Gasteiger partial charge on any atom is -1.00 e. The van der Waals surface area contributed by atoms with Crippen LogP contribution in [0, 0.1) is 0 Å². The molecular weight excluding hydrogens is 406 g/mol. The zero-order chi connectivity index (χ0) is 18.8. The summed E-state index contributed by atoms with van der Waals surface area (Å²) in [5.41, 5.74) is 1.16. The van der Waals surface area contributed by atoms with Crippen molar-refractivity contribution in [1.82, 2.24) is 10.2 Å². The van der Waals surface area contributed by atoms with Gasteiger partial charge >= 0.3 is 0 Å². The van der Waals surface area contributed by atoms with Gasteiger partial charge in [0, 0.05) is 31.5 Å². The van der Waals surface area contributed by atoms with Crippen molar-refractivity contribution in [2.24, 2.45) is 0 Å². The number of halogens is 1. The van der Waals surface area contributed by atoms with Crippen molar-refractivity contribution in [3.63, 3.8) is 0 Å². The van der Waals surface area contributed by atoms with Gasteiger partial charge in [0.1, 0.15) is 12.3 Å². The minimum atomic E-state index is 0. The third kappa shape index (κ3) is 8.10. The van der Waals surface area contributed by atoms with Gasteiger partial charge < -0.3 is 31.9 Å². The Balaban J connectivity index is 0.00000364. The fourth-order valence-corrected chi connectivity index (χ4v) is 2.89. The highest BCUT2D eigenvalue weighted by Gasteiger charge is 2.15. The van der Waals surface area contributed by atoms with E-state index in [-0.39, 0.29) is 28.9 Å². The predicted molar refractivity (Wildman–Crippen MR) is 103 cm³/mol. The van der Waals surface area contributed by atoms with E-state index in [0.717, 1.165) is 30.7 Å². The number of aromatic nitrogens is 1. The monoisotopic (exact) mass is 435 g/mol. The van der Waals surface area contributed by atoms with Gasteiger partial charge in [-0.25, -0.2) is 4.57 Å². The molecule has 0 saturated carbocycles. The molecule has 148 valence electrons. The summed E-state index contributed by atoms with van der Waals surface area (Å²) in [6.07, 6.45) is 6.56. The number of carbonyl (C=O) groups is 1. The van der Waals surface area contributed by atoms with Crippen LogP contribution in [0.3, 0.4) is 0 Å². The highest BCUT2D eigenvalue weighted by Crippen LogP contribution is 2.20. The molecule has 1 atom stereocenters. The maximum absolute atomic E-state index is 12.2. The van der Waals surface area contributed by atoms with Crippen molar-refractivity contribution in [2.75, 3.05) is 27.7 Å². The standard InChI is InChI=1S/C21H29N3O2.BrH/c1-23(2)20(18-10-12-19(26-3)13-11-18)17-22-21(25)9-5-8-16-24-14-6-4-7-15-24;/h4,6-7,10-15,20H,5,8-9,16-17H2,1-3H3;1H. The van der Waals surface area contributed by atoms with Crippen molar-refractivity contribution in [3.8, 4) is 5.75 Å². The number of likely N-dealkylation sites (N-methyl/N-ethyl adjacent to an activating group) is 1. The van der Waals surface area contributed by atoms with Crippen LogP contribution < -0.4 is 31.6 Å². The second-order valence-corrected chi connectivity index (χ2v) is 6.63. The maximum atomic E-state index is 12.2. The van der Waals surface area contributed by atoms with Crippen LogP contribution in [-0.2, 0) is 11.3 Å². The fourth-order valence-electron chi connectivity index (χ4n) is 2.89. The van der Waals surface area contributed by atoms with Crippen LogP contribution in [0.1, 0.15) is 30.9 Å². The normalized spacial score (nSPS) is 11.6. The van der Waals surface area contributed by atoms with Crippen LogP contribution in [0.25, 0.3) is 0 Å². The van der Waals surface area contributed by atoms with E-state index in [9.17, 15) is 4.79 Å². The molecule has 0 fully saturated rings. The average molecular weight is 436 g/mol. The Morgan fingerprint density at radius 3 is 2.37 bits per heavy atom. The summed E-state index contributed by atoms with van der Waals surface area (Å²) >= 11 is 0. The second kappa shape index (κ2) is 12.5. The topological polar surface area (TPSA) is 45.5 Å². The highest BCUT2D eigenvalue weighted by atomic mass is 79.9. The number of hydrogen-bond donors (Lipinski definition) is 1. The largest absolute Gasteiger partial charge is 1.00 e. The van der Waals surface area contributed by atoms with Gasteiger partial charge in [-0.05, 0) is 38.2 Å². The first-order valence-corrected chi connectivity index (χ1v) is 9.11. The first kappa shape index (κ1) is 23.1. The Labute approximate surface area is 173 Å². The molecule has 1 heterocycles. The summed E-state index contributed by atoms with van der Waals surface area (Å²) in [4.78, 5) is 14.3. The van der Waals surface area contributed by atoms with E-state index in [1.165, 1.54) is 0 Å². The molecule has 5 nitrogen and oxygen atoms in total. The molecule has 1 amide bonds. The van der Waals surface area contributed by atoms with E-state index in [0.29, 0.717) is 13.0 Å². The summed E-state index contributed by atoms with van der Waals surface area (Å²) in [6, 6.07) is 14.2. The lowest BCUT2D eigenvalue weighted by Crippen LogP contribution is -3.00. The quantitative estimate of drug-likeness (QED) is 0.407. The van der Waals surface area contributed by atoms with Crippen LogP contribution in [0.2, 0.25) is 0 Å². The SMILES string of the molecule is COc1ccc(C(CNC(=O)CCCC[n+]2ccccc2)N(C)C)cc1.[Br-]. The molecule has 6 heteroatoms. The molecule has 0 saturated heterocycles. The number of methoxy groups -OCH3 is 1. The lowest BCUT2D eigenvalue weighted by atomic mass is 10.1. The number of nitrogens with zero attached hydrogens (tertiary/aromatic N) is 2. The molecule has 2 rings (SSSR count). The van der Waals surface area contributed by atoms with E-state index >= 15 is 0 Å². The number of unbranched alkanes of at least 4 members (excludes halogenated alkanes) is 1. The zero-order valence-electron chi connectivity index (χ0n) is 16.4. The van der Waals surface area contributed by atoms with E-state index in [4.69, 9.17) is 4.74 Å². The molecule has 0 aliphatic rings. The average Bonchev–Trinajstić information content (AvgIpc) is 2.66. The summed E-state index contributed by atoms with van der Waals surface area (Å²) in [5.74, 6) is 0.954. The zero-order valence-corrected chi connectivity index (χ0v) is 18.0. The molecule has 2 aromatic rings. The van der Waals surface area contributed by atoms with Crippen molar-refractivity contribution < 1.29 is 31.1 Å². The Morgan fingerprint density at radius 2 is 1.78 bits per heavy atom. The van der Waals surface area contributed by atoms with Crippen molar-refractivity contribution >= 4 is 5.91 Å². The molecule has 0 bridgehead atoms. The second-order valence-electron chi connectivity index (χ2n) is 6.63. The number of hydrogen-bond acceptors (Lipinski definition) is 3. The first-order valence-electron chi connectivity index (χ1n) is 9.11. The van der Waals surface area contributed by atoms with Gasteiger partial charge in [-0.3, -0.25) is 4.79 Å². The molecular formula is C21H30BrN3O2. The smallest absolute Gasteiger partial charge is 0.220 e. The Hall–Kier alpha value is -1.92. The molecule has 0 aliphatic carbocycles. The summed E-state index contributed by atoms with van der Waals surface area (Å²) in [5, 5.41) is 3.07. The third-order valence-corrected chi connectivity index (χ3v) is 4.46. The van der Waals surface area contributed by atoms with Crippen molar-refractivity contribution in [2.45, 2.75) is 31.8 Å².